The zero-order valence-corrected chi connectivity index (χ0v) is 14.5. The molecule has 0 amide bonds. The van der Waals surface area contributed by atoms with Gasteiger partial charge in [-0.15, -0.1) is 6.58 Å². The summed E-state index contributed by atoms with van der Waals surface area (Å²) < 4.78 is 9.24. The van der Waals surface area contributed by atoms with E-state index in [1.165, 1.54) is 0 Å². The molecule has 130 valence electrons. The number of hydrogen-bond donors (Lipinski definition) is 2. The van der Waals surface area contributed by atoms with Crippen LogP contribution in [0, 0.1) is 5.41 Å². The lowest BCUT2D eigenvalue weighted by Gasteiger charge is -2.13. The highest BCUT2D eigenvalue weighted by Gasteiger charge is 2.14. The van der Waals surface area contributed by atoms with Crippen molar-refractivity contribution < 1.29 is 9.84 Å². The van der Waals surface area contributed by atoms with E-state index in [2.05, 4.69) is 6.58 Å². The highest BCUT2D eigenvalue weighted by atomic mass is 35.5. The Morgan fingerprint density at radius 1 is 1.12 bits per heavy atom. The van der Waals surface area contributed by atoms with Crippen molar-refractivity contribution in [2.45, 2.75) is 19.2 Å². The summed E-state index contributed by atoms with van der Waals surface area (Å²) in [6, 6.07) is 14.8. The van der Waals surface area contributed by atoms with Crippen molar-refractivity contribution in [1.82, 2.24) is 9.13 Å². The number of allylic oxidation sites excluding steroid dienone is 1. The molecule has 0 fully saturated rings. The topological polar surface area (TPSA) is 63.2 Å². The number of rotatable bonds is 7. The third-order valence-corrected chi connectivity index (χ3v) is 4.19. The van der Waals surface area contributed by atoms with E-state index in [-0.39, 0.29) is 13.2 Å². The molecule has 0 radical (unpaired) electrons. The Kier molecular flexibility index (Phi) is 5.26. The van der Waals surface area contributed by atoms with Crippen molar-refractivity contribution >= 4 is 22.6 Å². The van der Waals surface area contributed by atoms with E-state index < -0.39 is 6.10 Å². The number of ether oxygens (including phenoxy) is 1. The summed E-state index contributed by atoms with van der Waals surface area (Å²) >= 11 is 5.84. The number of aromatic nitrogens is 2. The van der Waals surface area contributed by atoms with Gasteiger partial charge in [-0.25, -0.2) is 0 Å². The number of para-hydroxylation sites is 2. The average molecular weight is 358 g/mol. The molecule has 6 heteroatoms. The van der Waals surface area contributed by atoms with Gasteiger partial charge in [0.15, 0.2) is 0 Å². The van der Waals surface area contributed by atoms with Gasteiger partial charge in [0.05, 0.1) is 17.6 Å². The number of hydrogen-bond acceptors (Lipinski definition) is 3. The molecule has 1 heterocycles. The lowest BCUT2D eigenvalue weighted by atomic mass is 10.3. The van der Waals surface area contributed by atoms with E-state index in [0.717, 1.165) is 11.0 Å². The van der Waals surface area contributed by atoms with Crippen LogP contribution in [0.25, 0.3) is 11.0 Å². The number of aliphatic hydroxyl groups excluding tert-OH is 1. The number of aliphatic hydroxyl groups is 1. The smallest absolute Gasteiger partial charge is 0.203 e. The second-order valence-corrected chi connectivity index (χ2v) is 6.18. The second-order valence-electron chi connectivity index (χ2n) is 5.74. The summed E-state index contributed by atoms with van der Waals surface area (Å²) in [7, 11) is 0. The Morgan fingerprint density at radius 2 is 1.76 bits per heavy atom. The first-order valence-electron chi connectivity index (χ1n) is 8.00. The Labute approximate surface area is 150 Å². The fourth-order valence-electron chi connectivity index (χ4n) is 2.78. The van der Waals surface area contributed by atoms with Gasteiger partial charge in [-0.3, -0.25) is 5.41 Å². The zero-order valence-electron chi connectivity index (χ0n) is 13.7. The van der Waals surface area contributed by atoms with E-state index in [1.807, 2.05) is 28.8 Å². The first-order valence-corrected chi connectivity index (χ1v) is 8.38. The fraction of sp³-hybridized carbons (Fsp3) is 0.211. The van der Waals surface area contributed by atoms with Crippen LogP contribution in [-0.4, -0.2) is 27.0 Å². The summed E-state index contributed by atoms with van der Waals surface area (Å²) in [5, 5.41) is 19.4. The number of nitrogens with zero attached hydrogens (tertiary/aromatic N) is 2. The number of fused-ring (bicyclic) bond motifs is 1. The van der Waals surface area contributed by atoms with Gasteiger partial charge in [-0.1, -0.05) is 29.8 Å². The van der Waals surface area contributed by atoms with Crippen LogP contribution in [-0.2, 0) is 13.1 Å². The highest BCUT2D eigenvalue weighted by molar-refractivity contribution is 6.30. The lowest BCUT2D eigenvalue weighted by Crippen LogP contribution is -2.31. The quantitative estimate of drug-likeness (QED) is 0.638. The summed E-state index contributed by atoms with van der Waals surface area (Å²) in [6.07, 6.45) is 1.02. The maximum atomic E-state index is 10.4. The van der Waals surface area contributed by atoms with E-state index in [1.54, 1.807) is 34.9 Å². The van der Waals surface area contributed by atoms with Gasteiger partial charge < -0.3 is 19.0 Å². The summed E-state index contributed by atoms with van der Waals surface area (Å²) in [5.74, 6) is 0.647. The Bertz CT molecular complexity index is 928. The molecule has 1 atom stereocenters. The lowest BCUT2D eigenvalue weighted by molar-refractivity contribution is 0.0921. The molecule has 0 aliphatic heterocycles. The van der Waals surface area contributed by atoms with Gasteiger partial charge in [0.2, 0.25) is 5.62 Å². The molecule has 0 unspecified atom stereocenters. The monoisotopic (exact) mass is 357 g/mol. The molecule has 0 bridgehead atoms. The van der Waals surface area contributed by atoms with Crippen molar-refractivity contribution in [3.63, 3.8) is 0 Å². The number of benzene rings is 2. The average Bonchev–Trinajstić information content (AvgIpc) is 2.88. The predicted octanol–water partition coefficient (Wildman–Crippen LogP) is 3.20. The van der Waals surface area contributed by atoms with Gasteiger partial charge in [-0.2, -0.15) is 0 Å². The molecule has 5 nitrogen and oxygen atoms in total. The molecular weight excluding hydrogens is 338 g/mol. The number of halogens is 1. The maximum Gasteiger partial charge on any atom is 0.203 e. The molecule has 0 saturated carbocycles. The molecule has 2 N–H and O–H groups in total. The molecule has 0 spiro atoms. The summed E-state index contributed by atoms with van der Waals surface area (Å²) in [4.78, 5) is 0. The molecule has 0 aliphatic rings. The van der Waals surface area contributed by atoms with E-state index in [9.17, 15) is 5.11 Å². The normalized spacial score (nSPS) is 12.2. The third-order valence-electron chi connectivity index (χ3n) is 3.94. The van der Waals surface area contributed by atoms with Crippen LogP contribution in [0.15, 0.2) is 61.2 Å². The molecule has 1 aromatic heterocycles. The van der Waals surface area contributed by atoms with Crippen molar-refractivity contribution in [3.05, 3.63) is 71.8 Å². The predicted molar refractivity (Wildman–Crippen MR) is 98.9 cm³/mol. The first-order chi connectivity index (χ1) is 12.1. The van der Waals surface area contributed by atoms with Gasteiger partial charge in [0, 0.05) is 11.6 Å². The van der Waals surface area contributed by atoms with Crippen molar-refractivity contribution in [2.75, 3.05) is 6.61 Å². The van der Waals surface area contributed by atoms with Crippen LogP contribution in [0.2, 0.25) is 5.02 Å². The standard InChI is InChI=1S/C19H20ClN3O2/c1-2-11-22-17-5-3-4-6-18(17)23(19(22)21)12-15(24)13-25-16-9-7-14(20)8-10-16/h2-10,15,21,24H,1,11-13H2/t15-/m1/s1. The van der Waals surface area contributed by atoms with Gasteiger partial charge in [0.1, 0.15) is 18.5 Å². The Morgan fingerprint density at radius 3 is 2.40 bits per heavy atom. The second kappa shape index (κ2) is 7.59. The summed E-state index contributed by atoms with van der Waals surface area (Å²) in [5.41, 5.74) is 2.17. The molecule has 25 heavy (non-hydrogen) atoms. The first kappa shape index (κ1) is 17.3. The van der Waals surface area contributed by atoms with Crippen LogP contribution in [0.4, 0.5) is 0 Å². The SMILES string of the molecule is C=CCn1c(=N)n(C[C@@H](O)COc2ccc(Cl)cc2)c2ccccc21. The van der Waals surface area contributed by atoms with Crippen molar-refractivity contribution in [1.29, 1.82) is 5.41 Å². The Balaban J connectivity index is 1.78. The molecule has 3 rings (SSSR count). The van der Waals surface area contributed by atoms with E-state index in [4.69, 9.17) is 21.7 Å². The van der Waals surface area contributed by atoms with Gasteiger partial charge in [-0.05, 0) is 36.4 Å². The molecule has 2 aromatic carbocycles. The largest absolute Gasteiger partial charge is 0.491 e. The minimum atomic E-state index is -0.743. The van der Waals surface area contributed by atoms with Crippen LogP contribution >= 0.6 is 11.6 Å². The van der Waals surface area contributed by atoms with Gasteiger partial charge in [0.25, 0.3) is 0 Å². The van der Waals surface area contributed by atoms with Crippen LogP contribution < -0.4 is 10.4 Å². The molecular formula is C19H20ClN3O2. The minimum absolute atomic E-state index is 0.134. The van der Waals surface area contributed by atoms with E-state index in [0.29, 0.717) is 22.9 Å². The third kappa shape index (κ3) is 3.78. The van der Waals surface area contributed by atoms with Crippen LogP contribution in [0.3, 0.4) is 0 Å². The fourth-order valence-corrected chi connectivity index (χ4v) is 2.91. The zero-order chi connectivity index (χ0) is 17.8. The highest BCUT2D eigenvalue weighted by Crippen LogP contribution is 2.16. The number of nitrogens with one attached hydrogen (secondary N) is 1. The Hall–Kier alpha value is -2.50. The maximum absolute atomic E-state index is 10.4. The van der Waals surface area contributed by atoms with Crippen molar-refractivity contribution in [2.24, 2.45) is 0 Å². The molecule has 0 aliphatic carbocycles. The summed E-state index contributed by atoms with van der Waals surface area (Å²) in [6.45, 7) is 4.71. The molecule has 0 saturated heterocycles. The van der Waals surface area contributed by atoms with E-state index >= 15 is 0 Å². The number of imidazole rings is 1. The minimum Gasteiger partial charge on any atom is -0.491 e. The van der Waals surface area contributed by atoms with Crippen LogP contribution in [0.1, 0.15) is 0 Å². The molecule has 3 aromatic rings. The van der Waals surface area contributed by atoms with Gasteiger partial charge >= 0.3 is 0 Å². The van der Waals surface area contributed by atoms with Crippen molar-refractivity contribution in [3.8, 4) is 5.75 Å². The van der Waals surface area contributed by atoms with Crippen LogP contribution in [0.5, 0.6) is 5.75 Å².